The summed E-state index contributed by atoms with van der Waals surface area (Å²) in [6, 6.07) is 8.90. The number of benzene rings is 1. The molecule has 2 heteroatoms. The van der Waals surface area contributed by atoms with Crippen molar-refractivity contribution in [1.82, 2.24) is 5.32 Å². The van der Waals surface area contributed by atoms with Gasteiger partial charge in [0, 0.05) is 11.1 Å². The summed E-state index contributed by atoms with van der Waals surface area (Å²) in [7, 11) is 0. The van der Waals surface area contributed by atoms with Gasteiger partial charge in [-0.25, -0.2) is 0 Å². The lowest BCUT2D eigenvalue weighted by atomic mass is 10.1. The summed E-state index contributed by atoms with van der Waals surface area (Å²) >= 11 is 5.85. The molecule has 0 aromatic heterocycles. The first-order chi connectivity index (χ1) is 7.75. The molecule has 1 nitrogen and oxygen atoms in total. The molecule has 0 amide bonds. The lowest BCUT2D eigenvalue weighted by Crippen LogP contribution is -2.32. The predicted molar refractivity (Wildman–Crippen MR) is 70.0 cm³/mol. The first-order valence-corrected chi connectivity index (χ1v) is 6.61. The van der Waals surface area contributed by atoms with Gasteiger partial charge >= 0.3 is 0 Å². The zero-order chi connectivity index (χ0) is 11.4. The molecule has 1 aromatic carbocycles. The second-order valence-electron chi connectivity index (χ2n) is 4.85. The van der Waals surface area contributed by atoms with Crippen molar-refractivity contribution in [3.05, 3.63) is 34.9 Å². The molecule has 0 heterocycles. The van der Waals surface area contributed by atoms with Gasteiger partial charge in [-0.05, 0) is 49.4 Å². The maximum atomic E-state index is 5.85. The molecule has 1 aliphatic rings. The van der Waals surface area contributed by atoms with Crippen LogP contribution in [0.5, 0.6) is 0 Å². The Morgan fingerprint density at radius 3 is 2.62 bits per heavy atom. The van der Waals surface area contributed by atoms with E-state index in [1.165, 1.54) is 24.8 Å². The van der Waals surface area contributed by atoms with Gasteiger partial charge in [-0.3, -0.25) is 0 Å². The van der Waals surface area contributed by atoms with E-state index in [2.05, 4.69) is 24.4 Å². The summed E-state index contributed by atoms with van der Waals surface area (Å²) in [5.74, 6) is 0.852. The molecule has 0 aliphatic heterocycles. The molecule has 1 fully saturated rings. The van der Waals surface area contributed by atoms with Gasteiger partial charge in [0.2, 0.25) is 0 Å². The van der Waals surface area contributed by atoms with Gasteiger partial charge < -0.3 is 5.32 Å². The van der Waals surface area contributed by atoms with E-state index in [9.17, 15) is 0 Å². The minimum absolute atomic E-state index is 0.743. The highest BCUT2D eigenvalue weighted by atomic mass is 35.5. The van der Waals surface area contributed by atoms with E-state index in [1.807, 2.05) is 12.1 Å². The van der Waals surface area contributed by atoms with Crippen LogP contribution in [0.4, 0.5) is 0 Å². The molecule has 1 aromatic rings. The highest BCUT2D eigenvalue weighted by Crippen LogP contribution is 2.24. The minimum Gasteiger partial charge on any atom is -0.313 e. The van der Waals surface area contributed by atoms with Gasteiger partial charge in [0.15, 0.2) is 0 Å². The first-order valence-electron chi connectivity index (χ1n) is 6.23. The average Bonchev–Trinajstić information content (AvgIpc) is 2.68. The van der Waals surface area contributed by atoms with Crippen molar-refractivity contribution in [2.24, 2.45) is 5.92 Å². The van der Waals surface area contributed by atoms with Crippen molar-refractivity contribution < 1.29 is 0 Å². The zero-order valence-corrected chi connectivity index (χ0v) is 10.6. The maximum Gasteiger partial charge on any atom is 0.0406 e. The third-order valence-corrected chi connectivity index (χ3v) is 3.85. The first kappa shape index (κ1) is 11.9. The molecule has 0 spiro atoms. The van der Waals surface area contributed by atoms with Gasteiger partial charge in [-0.15, -0.1) is 0 Å². The van der Waals surface area contributed by atoms with E-state index in [0.717, 1.165) is 29.9 Å². The van der Waals surface area contributed by atoms with E-state index in [-0.39, 0.29) is 0 Å². The van der Waals surface area contributed by atoms with E-state index >= 15 is 0 Å². The Balaban J connectivity index is 1.73. The summed E-state index contributed by atoms with van der Waals surface area (Å²) in [6.07, 6.45) is 5.22. The van der Waals surface area contributed by atoms with E-state index in [4.69, 9.17) is 11.6 Å². The molecule has 0 bridgehead atoms. The van der Waals surface area contributed by atoms with E-state index < -0.39 is 0 Å². The zero-order valence-electron chi connectivity index (χ0n) is 9.88. The molecule has 2 unspecified atom stereocenters. The molecule has 88 valence electrons. The van der Waals surface area contributed by atoms with Gasteiger partial charge in [-0.1, -0.05) is 37.1 Å². The number of hydrogen-bond donors (Lipinski definition) is 1. The fourth-order valence-corrected chi connectivity index (χ4v) is 2.63. The summed E-state index contributed by atoms with van der Waals surface area (Å²) < 4.78 is 0. The molecule has 0 saturated heterocycles. The quantitative estimate of drug-likeness (QED) is 0.843. The van der Waals surface area contributed by atoms with Crippen LogP contribution in [0.25, 0.3) is 0 Å². The van der Waals surface area contributed by atoms with Crippen LogP contribution in [0.3, 0.4) is 0 Å². The fraction of sp³-hybridized carbons (Fsp3) is 0.571. The second-order valence-corrected chi connectivity index (χ2v) is 5.28. The smallest absolute Gasteiger partial charge is 0.0406 e. The van der Waals surface area contributed by atoms with Crippen molar-refractivity contribution in [1.29, 1.82) is 0 Å². The number of halogens is 1. The SMILES string of the molecule is CC1CCCC1NCCc1ccc(Cl)cc1. The van der Waals surface area contributed by atoms with Crippen LogP contribution in [0, 0.1) is 5.92 Å². The molecule has 1 N–H and O–H groups in total. The molecular weight excluding hydrogens is 218 g/mol. The van der Waals surface area contributed by atoms with Gasteiger partial charge in [0.05, 0.1) is 0 Å². The van der Waals surface area contributed by atoms with Crippen LogP contribution in [-0.2, 0) is 6.42 Å². The van der Waals surface area contributed by atoms with Crippen LogP contribution >= 0.6 is 11.6 Å². The Kier molecular flexibility index (Phi) is 4.25. The van der Waals surface area contributed by atoms with Crippen molar-refractivity contribution in [3.8, 4) is 0 Å². The molecule has 0 radical (unpaired) electrons. The lowest BCUT2D eigenvalue weighted by molar-refractivity contribution is 0.430. The van der Waals surface area contributed by atoms with Crippen LogP contribution in [0.1, 0.15) is 31.7 Å². The lowest BCUT2D eigenvalue weighted by Gasteiger charge is -2.17. The third kappa shape index (κ3) is 3.23. The molecule has 1 saturated carbocycles. The largest absolute Gasteiger partial charge is 0.313 e. The minimum atomic E-state index is 0.743. The predicted octanol–water partition coefficient (Wildman–Crippen LogP) is 3.66. The van der Waals surface area contributed by atoms with Crippen LogP contribution in [0.2, 0.25) is 5.02 Å². The molecular formula is C14H20ClN. The number of rotatable bonds is 4. The van der Waals surface area contributed by atoms with Crippen LogP contribution in [0.15, 0.2) is 24.3 Å². The second kappa shape index (κ2) is 5.70. The monoisotopic (exact) mass is 237 g/mol. The van der Waals surface area contributed by atoms with E-state index in [0.29, 0.717) is 0 Å². The van der Waals surface area contributed by atoms with Crippen molar-refractivity contribution in [3.63, 3.8) is 0 Å². The van der Waals surface area contributed by atoms with Crippen LogP contribution in [-0.4, -0.2) is 12.6 Å². The van der Waals surface area contributed by atoms with Crippen molar-refractivity contribution in [2.75, 3.05) is 6.54 Å². The Morgan fingerprint density at radius 2 is 2.00 bits per heavy atom. The maximum absolute atomic E-state index is 5.85. The third-order valence-electron chi connectivity index (χ3n) is 3.59. The Labute approximate surface area is 103 Å². The molecule has 2 rings (SSSR count). The highest BCUT2D eigenvalue weighted by Gasteiger charge is 2.21. The summed E-state index contributed by atoms with van der Waals surface area (Å²) in [6.45, 7) is 3.43. The van der Waals surface area contributed by atoms with E-state index in [1.54, 1.807) is 0 Å². The summed E-state index contributed by atoms with van der Waals surface area (Å²) in [4.78, 5) is 0. The molecule has 1 aliphatic carbocycles. The topological polar surface area (TPSA) is 12.0 Å². The molecule has 2 atom stereocenters. The Bertz CT molecular complexity index is 320. The Hall–Kier alpha value is -0.530. The average molecular weight is 238 g/mol. The van der Waals surface area contributed by atoms with Crippen LogP contribution < -0.4 is 5.32 Å². The number of hydrogen-bond acceptors (Lipinski definition) is 1. The summed E-state index contributed by atoms with van der Waals surface area (Å²) in [5.41, 5.74) is 1.36. The number of nitrogens with one attached hydrogen (secondary N) is 1. The van der Waals surface area contributed by atoms with Gasteiger partial charge in [0.1, 0.15) is 0 Å². The Morgan fingerprint density at radius 1 is 1.25 bits per heavy atom. The van der Waals surface area contributed by atoms with Crippen molar-refractivity contribution in [2.45, 2.75) is 38.6 Å². The standard InChI is InChI=1S/C14H20ClN/c1-11-3-2-4-14(11)16-10-9-12-5-7-13(15)8-6-12/h5-8,11,14,16H,2-4,9-10H2,1H3. The van der Waals surface area contributed by atoms with Gasteiger partial charge in [0.25, 0.3) is 0 Å². The summed E-state index contributed by atoms with van der Waals surface area (Å²) in [5, 5.41) is 4.48. The highest BCUT2D eigenvalue weighted by molar-refractivity contribution is 6.30. The van der Waals surface area contributed by atoms with Gasteiger partial charge in [-0.2, -0.15) is 0 Å². The van der Waals surface area contributed by atoms with Crippen molar-refractivity contribution >= 4 is 11.6 Å². The fourth-order valence-electron chi connectivity index (χ4n) is 2.50. The molecule has 16 heavy (non-hydrogen) atoms. The normalized spacial score (nSPS) is 24.9.